The number of hydrogen-bond acceptors (Lipinski definition) is 8. The summed E-state index contributed by atoms with van der Waals surface area (Å²) in [5.74, 6) is -0.857. The molecule has 1 fully saturated rings. The number of benzene rings is 1. The third-order valence-electron chi connectivity index (χ3n) is 6.82. The topological polar surface area (TPSA) is 132 Å². The highest BCUT2D eigenvalue weighted by atomic mass is 16.6. The van der Waals surface area contributed by atoms with Crippen LogP contribution in [0.15, 0.2) is 54.9 Å². The van der Waals surface area contributed by atoms with Crippen LogP contribution in [0.5, 0.6) is 0 Å². The summed E-state index contributed by atoms with van der Waals surface area (Å²) >= 11 is 0. The van der Waals surface area contributed by atoms with E-state index in [-0.39, 0.29) is 37.5 Å². The molecule has 1 aromatic carbocycles. The standard InChI is InChI=1S/C32H45N3O6.CO2/c1-23(24-14-9-8-10-15-24)27-17-11-12-19-35(27)30(38)39-22-34-18-13-16-25(20-34)28(36)33-26(21-40-31(2,3)4)29(37)41-32(5,6)7;2-1-3/h8-10,13-16,18,20,23,26-27H,11-12,17,19,21-22H2,1-7H3;/p+1/t23-,26+,27-;/m1./s1. The van der Waals surface area contributed by atoms with Crippen molar-refractivity contribution >= 4 is 24.1 Å². The van der Waals surface area contributed by atoms with Crippen molar-refractivity contribution in [2.75, 3.05) is 13.2 Å². The molecular formula is C33H46N3O8+. The van der Waals surface area contributed by atoms with Crippen LogP contribution in [0.4, 0.5) is 4.79 Å². The summed E-state index contributed by atoms with van der Waals surface area (Å²) in [4.78, 5) is 57.2. The summed E-state index contributed by atoms with van der Waals surface area (Å²) in [5.41, 5.74) is 0.286. The first-order chi connectivity index (χ1) is 20.6. The van der Waals surface area contributed by atoms with Gasteiger partial charge in [-0.2, -0.15) is 14.2 Å². The Balaban J connectivity index is 0.00000216. The van der Waals surface area contributed by atoms with Gasteiger partial charge in [-0.15, -0.1) is 0 Å². The van der Waals surface area contributed by atoms with Crippen LogP contribution < -0.4 is 9.88 Å². The summed E-state index contributed by atoms with van der Waals surface area (Å²) in [5, 5.41) is 2.74. The van der Waals surface area contributed by atoms with Crippen LogP contribution in [0.25, 0.3) is 0 Å². The molecule has 0 saturated carbocycles. The van der Waals surface area contributed by atoms with E-state index < -0.39 is 29.1 Å². The molecule has 0 radical (unpaired) electrons. The number of nitrogens with one attached hydrogen (secondary N) is 1. The fraction of sp³-hybridized carbons (Fsp3) is 0.545. The lowest BCUT2D eigenvalue weighted by Crippen LogP contribution is -2.49. The second kappa shape index (κ2) is 16.7. The Morgan fingerprint density at radius 3 is 2.27 bits per heavy atom. The quantitative estimate of drug-likeness (QED) is 0.326. The Hall–Kier alpha value is -4.08. The Morgan fingerprint density at radius 1 is 1.00 bits per heavy atom. The van der Waals surface area contributed by atoms with Gasteiger partial charge in [-0.1, -0.05) is 37.3 Å². The zero-order valence-electron chi connectivity index (χ0n) is 26.8. The lowest BCUT2D eigenvalue weighted by atomic mass is 9.87. The van der Waals surface area contributed by atoms with E-state index in [0.29, 0.717) is 12.1 Å². The molecule has 3 atom stereocenters. The molecule has 1 N–H and O–H groups in total. The maximum Gasteiger partial charge on any atom is 0.414 e. The van der Waals surface area contributed by atoms with Crippen LogP contribution >= 0.6 is 0 Å². The van der Waals surface area contributed by atoms with Gasteiger partial charge in [0, 0.05) is 24.6 Å². The van der Waals surface area contributed by atoms with E-state index in [9.17, 15) is 14.4 Å². The lowest BCUT2D eigenvalue weighted by molar-refractivity contribution is -0.727. The molecule has 1 aliphatic heterocycles. The maximum absolute atomic E-state index is 13.2. The number of pyridine rings is 1. The Bertz CT molecular complexity index is 1260. The number of nitrogens with zero attached hydrogens (tertiary/aromatic N) is 2. The van der Waals surface area contributed by atoms with Gasteiger partial charge in [-0.3, -0.25) is 4.79 Å². The zero-order valence-corrected chi connectivity index (χ0v) is 26.8. The highest BCUT2D eigenvalue weighted by molar-refractivity contribution is 5.96. The predicted molar refractivity (Wildman–Crippen MR) is 160 cm³/mol. The van der Waals surface area contributed by atoms with Crippen LogP contribution in [0, 0.1) is 0 Å². The van der Waals surface area contributed by atoms with Crippen molar-refractivity contribution in [3.05, 3.63) is 66.0 Å². The monoisotopic (exact) mass is 612 g/mol. The number of rotatable bonds is 9. The molecule has 44 heavy (non-hydrogen) atoms. The highest BCUT2D eigenvalue weighted by Crippen LogP contribution is 2.30. The summed E-state index contributed by atoms with van der Waals surface area (Å²) in [7, 11) is 0. The number of piperidine rings is 1. The van der Waals surface area contributed by atoms with E-state index in [1.54, 1.807) is 49.9 Å². The zero-order chi connectivity index (χ0) is 32.9. The van der Waals surface area contributed by atoms with Crippen LogP contribution in [0.1, 0.15) is 89.6 Å². The van der Waals surface area contributed by atoms with E-state index >= 15 is 0 Å². The fourth-order valence-electron chi connectivity index (χ4n) is 4.75. The third-order valence-corrected chi connectivity index (χ3v) is 6.82. The summed E-state index contributed by atoms with van der Waals surface area (Å²) in [6.45, 7) is 13.6. The Labute approximate surface area is 259 Å². The van der Waals surface area contributed by atoms with Crippen LogP contribution in [0.2, 0.25) is 0 Å². The van der Waals surface area contributed by atoms with Gasteiger partial charge in [0.05, 0.1) is 12.2 Å². The maximum atomic E-state index is 13.2. The van der Waals surface area contributed by atoms with Gasteiger partial charge in [-0.05, 0) is 72.4 Å². The van der Waals surface area contributed by atoms with E-state index in [1.165, 1.54) is 5.56 Å². The molecule has 0 unspecified atom stereocenters. The average Bonchev–Trinajstić information content (AvgIpc) is 2.97. The molecule has 2 aromatic rings. The molecule has 0 bridgehead atoms. The van der Waals surface area contributed by atoms with E-state index in [0.717, 1.165) is 19.3 Å². The minimum atomic E-state index is -0.991. The van der Waals surface area contributed by atoms with E-state index in [4.69, 9.17) is 23.8 Å². The van der Waals surface area contributed by atoms with Gasteiger partial charge in [-0.25, -0.2) is 9.59 Å². The average molecular weight is 613 g/mol. The minimum absolute atomic E-state index is 0.0347. The predicted octanol–water partition coefficient (Wildman–Crippen LogP) is 4.40. The molecule has 1 aromatic heterocycles. The molecule has 3 rings (SSSR count). The molecular weight excluding hydrogens is 566 g/mol. The fourth-order valence-corrected chi connectivity index (χ4v) is 4.75. The summed E-state index contributed by atoms with van der Waals surface area (Å²) in [6, 6.07) is 12.6. The van der Waals surface area contributed by atoms with Crippen molar-refractivity contribution in [1.29, 1.82) is 0 Å². The lowest BCUT2D eigenvalue weighted by Gasteiger charge is -2.38. The SMILES string of the molecule is C[C@H](c1ccccc1)[C@H]1CCCCN1C(=O)OC[n+]1cccc(C(=O)N[C@@H](COC(C)(C)C)C(=O)OC(C)(C)C)c1.O=C=O. The number of carbonyl (C=O) groups is 3. The van der Waals surface area contributed by atoms with Crippen molar-refractivity contribution < 1.29 is 42.8 Å². The Morgan fingerprint density at radius 2 is 1.66 bits per heavy atom. The number of carbonyl (C=O) groups excluding carboxylic acids is 5. The molecule has 11 nitrogen and oxygen atoms in total. The largest absolute Gasteiger partial charge is 0.458 e. The van der Waals surface area contributed by atoms with Crippen molar-refractivity contribution in [1.82, 2.24) is 10.2 Å². The van der Waals surface area contributed by atoms with Crippen LogP contribution in [-0.4, -0.2) is 65.5 Å². The van der Waals surface area contributed by atoms with Crippen LogP contribution in [-0.2, 0) is 35.3 Å². The van der Waals surface area contributed by atoms with Gasteiger partial charge in [0.1, 0.15) is 11.2 Å². The van der Waals surface area contributed by atoms with Crippen LogP contribution in [0.3, 0.4) is 0 Å². The highest BCUT2D eigenvalue weighted by Gasteiger charge is 2.33. The van der Waals surface area contributed by atoms with Gasteiger partial charge in [0.2, 0.25) is 0 Å². The van der Waals surface area contributed by atoms with Crippen molar-refractivity contribution in [2.24, 2.45) is 0 Å². The van der Waals surface area contributed by atoms with E-state index in [1.807, 2.05) is 43.9 Å². The third kappa shape index (κ3) is 12.3. The first-order valence-corrected chi connectivity index (χ1v) is 14.8. The molecule has 1 aliphatic rings. The molecule has 2 amide bonds. The van der Waals surface area contributed by atoms with Crippen molar-refractivity contribution in [3.63, 3.8) is 0 Å². The number of aromatic nitrogens is 1. The molecule has 0 spiro atoms. The number of ether oxygens (including phenoxy) is 3. The second-order valence-electron chi connectivity index (χ2n) is 12.7. The van der Waals surface area contributed by atoms with Gasteiger partial charge in [0.15, 0.2) is 18.4 Å². The van der Waals surface area contributed by atoms with Crippen molar-refractivity contribution in [3.8, 4) is 0 Å². The molecule has 2 heterocycles. The number of likely N-dealkylation sites (tertiary alicyclic amines) is 1. The first-order valence-electron chi connectivity index (χ1n) is 14.8. The molecule has 11 heteroatoms. The number of amides is 2. The number of hydrogen-bond donors (Lipinski definition) is 1. The van der Waals surface area contributed by atoms with Gasteiger partial charge < -0.3 is 24.4 Å². The Kier molecular flexibility index (Phi) is 13.7. The summed E-state index contributed by atoms with van der Waals surface area (Å²) < 4.78 is 18.6. The van der Waals surface area contributed by atoms with Gasteiger partial charge >= 0.3 is 18.2 Å². The molecule has 240 valence electrons. The van der Waals surface area contributed by atoms with Gasteiger partial charge in [0.25, 0.3) is 12.6 Å². The second-order valence-corrected chi connectivity index (χ2v) is 12.7. The minimum Gasteiger partial charge on any atom is -0.458 e. The van der Waals surface area contributed by atoms with E-state index in [2.05, 4.69) is 24.4 Å². The molecule has 0 aliphatic carbocycles. The molecule has 1 saturated heterocycles. The summed E-state index contributed by atoms with van der Waals surface area (Å²) in [6.07, 6.45) is 6.11. The number of esters is 1. The van der Waals surface area contributed by atoms with Crippen molar-refractivity contribution in [2.45, 2.75) is 104 Å². The smallest absolute Gasteiger partial charge is 0.414 e. The normalized spacial score (nSPS) is 16.3. The first kappa shape index (κ1) is 36.1.